The first-order valence-electron chi connectivity index (χ1n) is 11.6. The lowest BCUT2D eigenvalue weighted by Gasteiger charge is -2.31. The molecule has 4 rings (SSSR count). The van der Waals surface area contributed by atoms with Crippen molar-refractivity contribution < 1.29 is 27.5 Å². The fraction of sp³-hybridized carbons (Fsp3) is 0.360. The number of aryl methyl sites for hydroxylation is 1. The van der Waals surface area contributed by atoms with Crippen LogP contribution in [0.3, 0.4) is 0 Å². The standard InChI is InChI=1S/C25H26F3N5O3S/c1-16-4-3-5-18(12-16)24-31-30-23(37-24)14-20(34)17-6-7-21(36-25(26,27)28)19(13-17)29-22(35)15-33-10-8-32(2)9-11-33/h3-7,12-13H,8-11,14-15H2,1-2H3,(H,29,35). The Morgan fingerprint density at radius 1 is 1.08 bits per heavy atom. The molecule has 1 saturated heterocycles. The molecule has 0 atom stereocenters. The van der Waals surface area contributed by atoms with Crippen LogP contribution in [0.15, 0.2) is 42.5 Å². The summed E-state index contributed by atoms with van der Waals surface area (Å²) in [5, 5.41) is 11.9. The predicted octanol–water partition coefficient (Wildman–Crippen LogP) is 4.02. The molecule has 3 aromatic rings. The Balaban J connectivity index is 1.48. The largest absolute Gasteiger partial charge is 0.573 e. The van der Waals surface area contributed by atoms with Crippen molar-refractivity contribution in [2.24, 2.45) is 0 Å². The van der Waals surface area contributed by atoms with Gasteiger partial charge in [-0.2, -0.15) is 0 Å². The van der Waals surface area contributed by atoms with Gasteiger partial charge in [0, 0.05) is 37.3 Å². The third-order valence-electron chi connectivity index (χ3n) is 5.81. The summed E-state index contributed by atoms with van der Waals surface area (Å²) in [6, 6.07) is 11.2. The molecule has 196 valence electrons. The van der Waals surface area contributed by atoms with E-state index >= 15 is 0 Å². The number of halogens is 3. The number of alkyl halides is 3. The number of hydrogen-bond acceptors (Lipinski definition) is 8. The van der Waals surface area contributed by atoms with Gasteiger partial charge in [0.15, 0.2) is 11.5 Å². The van der Waals surface area contributed by atoms with Crippen molar-refractivity contribution in [2.75, 3.05) is 45.1 Å². The van der Waals surface area contributed by atoms with Crippen LogP contribution in [0.25, 0.3) is 10.6 Å². The van der Waals surface area contributed by atoms with Crippen LogP contribution in [0.4, 0.5) is 18.9 Å². The molecule has 8 nitrogen and oxygen atoms in total. The van der Waals surface area contributed by atoms with Gasteiger partial charge >= 0.3 is 6.36 Å². The van der Waals surface area contributed by atoms with Gasteiger partial charge in [-0.25, -0.2) is 0 Å². The molecule has 0 bridgehead atoms. The molecule has 37 heavy (non-hydrogen) atoms. The van der Waals surface area contributed by atoms with E-state index in [1.165, 1.54) is 23.5 Å². The van der Waals surface area contributed by atoms with E-state index in [2.05, 4.69) is 25.2 Å². The van der Waals surface area contributed by atoms with Gasteiger partial charge in [0.2, 0.25) is 5.91 Å². The fourth-order valence-electron chi connectivity index (χ4n) is 3.87. The summed E-state index contributed by atoms with van der Waals surface area (Å²) < 4.78 is 42.9. The molecule has 1 aliphatic heterocycles. The molecule has 1 amide bonds. The average molecular weight is 534 g/mol. The summed E-state index contributed by atoms with van der Waals surface area (Å²) in [6.45, 7) is 4.89. The molecule has 1 N–H and O–H groups in total. The first kappa shape index (κ1) is 26.7. The lowest BCUT2D eigenvalue weighted by molar-refractivity contribution is -0.274. The van der Waals surface area contributed by atoms with Crippen molar-refractivity contribution in [2.45, 2.75) is 19.7 Å². The van der Waals surface area contributed by atoms with Gasteiger partial charge < -0.3 is 15.0 Å². The number of aromatic nitrogens is 2. The number of ether oxygens (including phenoxy) is 1. The van der Waals surface area contributed by atoms with Crippen molar-refractivity contribution >= 4 is 28.7 Å². The van der Waals surface area contributed by atoms with E-state index in [0.29, 0.717) is 23.1 Å². The van der Waals surface area contributed by atoms with Crippen molar-refractivity contribution in [3.63, 3.8) is 0 Å². The molecule has 0 radical (unpaired) electrons. The number of nitrogens with zero attached hydrogens (tertiary/aromatic N) is 4. The second-order valence-corrected chi connectivity index (χ2v) is 9.92. The minimum absolute atomic E-state index is 0.0179. The Labute approximate surface area is 216 Å². The molecule has 2 aromatic carbocycles. The Hall–Kier alpha value is -3.35. The Bertz CT molecular complexity index is 1270. The summed E-state index contributed by atoms with van der Waals surface area (Å²) in [7, 11) is 1.98. The number of ketones is 1. The van der Waals surface area contributed by atoms with Crippen molar-refractivity contribution in [1.29, 1.82) is 0 Å². The first-order chi connectivity index (χ1) is 17.6. The van der Waals surface area contributed by atoms with E-state index in [9.17, 15) is 22.8 Å². The van der Waals surface area contributed by atoms with Gasteiger partial charge in [-0.3, -0.25) is 14.5 Å². The van der Waals surface area contributed by atoms with Crippen LogP contribution in [0.2, 0.25) is 0 Å². The SMILES string of the molecule is Cc1cccc(-c2nnc(CC(=O)c3ccc(OC(F)(F)F)c(NC(=O)CN4CCN(C)CC4)c3)s2)c1. The molecular formula is C25H26F3N5O3S. The van der Waals surface area contributed by atoms with Gasteiger partial charge in [-0.15, -0.1) is 23.4 Å². The van der Waals surface area contributed by atoms with Crippen molar-refractivity contribution in [3.05, 3.63) is 58.6 Å². The molecule has 0 aliphatic carbocycles. The fourth-order valence-corrected chi connectivity index (χ4v) is 4.71. The minimum atomic E-state index is -4.96. The van der Waals surface area contributed by atoms with Gasteiger partial charge in [0.05, 0.1) is 18.7 Å². The number of anilines is 1. The van der Waals surface area contributed by atoms with E-state index in [1.807, 2.05) is 43.1 Å². The van der Waals surface area contributed by atoms with Crippen LogP contribution in [-0.2, 0) is 11.2 Å². The predicted molar refractivity (Wildman–Crippen MR) is 134 cm³/mol. The first-order valence-corrected chi connectivity index (χ1v) is 12.4. The van der Waals surface area contributed by atoms with Gasteiger partial charge in [0.25, 0.3) is 0 Å². The third-order valence-corrected chi connectivity index (χ3v) is 6.78. The van der Waals surface area contributed by atoms with E-state index in [0.717, 1.165) is 30.3 Å². The van der Waals surface area contributed by atoms with Crippen molar-refractivity contribution in [3.8, 4) is 16.3 Å². The van der Waals surface area contributed by atoms with Crippen LogP contribution in [0, 0.1) is 6.92 Å². The zero-order chi connectivity index (χ0) is 26.6. The second-order valence-electron chi connectivity index (χ2n) is 8.86. The zero-order valence-corrected chi connectivity index (χ0v) is 21.2. The number of carbonyl (C=O) groups is 2. The summed E-state index contributed by atoms with van der Waals surface area (Å²) >= 11 is 1.27. The number of amides is 1. The van der Waals surface area contributed by atoms with Gasteiger partial charge in [0.1, 0.15) is 10.0 Å². The molecule has 2 heterocycles. The maximum atomic E-state index is 13.0. The smallest absolute Gasteiger partial charge is 0.404 e. The van der Waals surface area contributed by atoms with E-state index < -0.39 is 18.0 Å². The number of carbonyl (C=O) groups excluding carboxylic acids is 2. The van der Waals surface area contributed by atoms with E-state index in [-0.39, 0.29) is 30.0 Å². The molecule has 0 saturated carbocycles. The quantitative estimate of drug-likeness (QED) is 0.438. The molecule has 12 heteroatoms. The number of Topliss-reactive ketones (excluding diaryl/α,β-unsaturated/α-hetero) is 1. The van der Waals surface area contributed by atoms with Gasteiger partial charge in [-0.1, -0.05) is 35.1 Å². The van der Waals surface area contributed by atoms with Crippen LogP contribution in [-0.4, -0.2) is 77.8 Å². The Morgan fingerprint density at radius 3 is 2.54 bits per heavy atom. The Morgan fingerprint density at radius 2 is 1.84 bits per heavy atom. The van der Waals surface area contributed by atoms with E-state index in [1.54, 1.807) is 0 Å². The molecule has 1 aliphatic rings. The van der Waals surface area contributed by atoms with Crippen LogP contribution >= 0.6 is 11.3 Å². The highest BCUT2D eigenvalue weighted by Crippen LogP contribution is 2.32. The average Bonchev–Trinajstić information content (AvgIpc) is 3.29. The number of piperazine rings is 1. The third kappa shape index (κ3) is 7.57. The monoisotopic (exact) mass is 533 g/mol. The maximum absolute atomic E-state index is 13.0. The summed E-state index contributed by atoms with van der Waals surface area (Å²) in [6.07, 6.45) is -5.04. The number of nitrogens with one attached hydrogen (secondary N) is 1. The lowest BCUT2D eigenvalue weighted by Crippen LogP contribution is -2.47. The Kier molecular flexibility index (Phi) is 8.20. The molecular weight excluding hydrogens is 507 g/mol. The number of likely N-dealkylation sites (N-methyl/N-ethyl adjacent to an activating group) is 1. The van der Waals surface area contributed by atoms with Crippen LogP contribution in [0.1, 0.15) is 20.9 Å². The minimum Gasteiger partial charge on any atom is -0.404 e. The number of benzene rings is 2. The molecule has 1 aromatic heterocycles. The summed E-state index contributed by atoms with van der Waals surface area (Å²) in [5.41, 5.74) is 1.85. The lowest BCUT2D eigenvalue weighted by atomic mass is 10.1. The van der Waals surface area contributed by atoms with Crippen LogP contribution in [0.5, 0.6) is 5.75 Å². The van der Waals surface area contributed by atoms with Gasteiger partial charge in [-0.05, 0) is 38.2 Å². The highest BCUT2D eigenvalue weighted by atomic mass is 32.1. The summed E-state index contributed by atoms with van der Waals surface area (Å²) in [5.74, 6) is -1.46. The second kappa shape index (κ2) is 11.4. The maximum Gasteiger partial charge on any atom is 0.573 e. The van der Waals surface area contributed by atoms with E-state index in [4.69, 9.17) is 0 Å². The zero-order valence-electron chi connectivity index (χ0n) is 20.3. The molecule has 1 fully saturated rings. The van der Waals surface area contributed by atoms with Crippen LogP contribution < -0.4 is 10.1 Å². The molecule has 0 unspecified atom stereocenters. The van der Waals surface area contributed by atoms with Crippen molar-refractivity contribution in [1.82, 2.24) is 20.0 Å². The molecule has 0 spiro atoms. The highest BCUT2D eigenvalue weighted by molar-refractivity contribution is 7.14. The summed E-state index contributed by atoms with van der Waals surface area (Å²) in [4.78, 5) is 29.6. The number of hydrogen-bond donors (Lipinski definition) is 1. The number of rotatable bonds is 8. The highest BCUT2D eigenvalue weighted by Gasteiger charge is 2.33. The normalized spacial score (nSPS) is 14.9. The topological polar surface area (TPSA) is 87.7 Å².